The second-order valence-electron chi connectivity index (χ2n) is 4.89. The van der Waals surface area contributed by atoms with Gasteiger partial charge in [-0.3, -0.25) is 0 Å². The Balaban J connectivity index is 1.80. The first-order chi connectivity index (χ1) is 11.1. The molecule has 4 nitrogen and oxygen atoms in total. The number of rotatable bonds is 2. The maximum absolute atomic E-state index is 13.4. The molecule has 0 atom stereocenters. The number of hydrogen-bond donors (Lipinski definition) is 2. The lowest BCUT2D eigenvalue weighted by Crippen LogP contribution is -2.28. The van der Waals surface area contributed by atoms with Crippen molar-refractivity contribution in [2.24, 2.45) is 15.8 Å². The van der Waals surface area contributed by atoms with Gasteiger partial charge in [-0.2, -0.15) is 5.10 Å². The number of fused-ring (bicyclic) bond motifs is 1. The van der Waals surface area contributed by atoms with Gasteiger partial charge in [-0.05, 0) is 36.4 Å². The molecule has 0 fully saturated rings. The fraction of sp³-hybridized carbons (Fsp3) is 0.125. The molecule has 1 aliphatic heterocycles. The summed E-state index contributed by atoms with van der Waals surface area (Å²) in [4.78, 5) is 5.21. The average Bonchev–Trinajstić information content (AvgIpc) is 2.53. The first-order valence-corrected chi connectivity index (χ1v) is 8.33. The van der Waals surface area contributed by atoms with Crippen molar-refractivity contribution in [3.05, 3.63) is 58.9 Å². The largest absolute Gasteiger partial charge is 0.368 e. The molecule has 0 bridgehead atoms. The highest BCUT2D eigenvalue weighted by molar-refractivity contribution is 7.99. The van der Waals surface area contributed by atoms with Gasteiger partial charge in [0.1, 0.15) is 5.82 Å². The fourth-order valence-corrected chi connectivity index (χ4v) is 3.39. The number of nitrogens with one attached hydrogen (secondary N) is 1. The molecular weight excluding hydrogens is 335 g/mol. The SMILES string of the molecule is NC(=Nc1cccc(Cl)c1)N/N=C1\CCSc2ccc(F)cc21. The van der Waals surface area contributed by atoms with E-state index >= 15 is 0 Å². The van der Waals surface area contributed by atoms with Crippen LogP contribution >= 0.6 is 23.4 Å². The molecule has 0 saturated heterocycles. The Morgan fingerprint density at radius 3 is 2.96 bits per heavy atom. The monoisotopic (exact) mass is 348 g/mol. The van der Waals surface area contributed by atoms with Crippen molar-refractivity contribution in [2.45, 2.75) is 11.3 Å². The van der Waals surface area contributed by atoms with Crippen LogP contribution in [0, 0.1) is 5.82 Å². The number of guanidine groups is 1. The molecule has 2 aromatic carbocycles. The zero-order chi connectivity index (χ0) is 16.2. The van der Waals surface area contributed by atoms with E-state index in [0.717, 1.165) is 28.3 Å². The van der Waals surface area contributed by atoms with Crippen LogP contribution < -0.4 is 11.2 Å². The summed E-state index contributed by atoms with van der Waals surface area (Å²) >= 11 is 7.59. The van der Waals surface area contributed by atoms with Crippen molar-refractivity contribution in [2.75, 3.05) is 5.75 Å². The zero-order valence-electron chi connectivity index (χ0n) is 12.1. The highest BCUT2D eigenvalue weighted by atomic mass is 35.5. The first-order valence-electron chi connectivity index (χ1n) is 6.97. The molecule has 3 rings (SSSR count). The number of halogens is 2. The highest BCUT2D eigenvalue weighted by Crippen LogP contribution is 2.30. The van der Waals surface area contributed by atoms with Gasteiger partial charge >= 0.3 is 0 Å². The van der Waals surface area contributed by atoms with Crippen molar-refractivity contribution in [3.63, 3.8) is 0 Å². The van der Waals surface area contributed by atoms with Gasteiger partial charge in [-0.25, -0.2) is 14.8 Å². The Hall–Kier alpha value is -2.05. The van der Waals surface area contributed by atoms with Crippen molar-refractivity contribution >= 4 is 40.7 Å². The van der Waals surface area contributed by atoms with E-state index in [-0.39, 0.29) is 11.8 Å². The third kappa shape index (κ3) is 4.03. The zero-order valence-corrected chi connectivity index (χ0v) is 13.7. The minimum Gasteiger partial charge on any atom is -0.368 e. The second-order valence-corrected chi connectivity index (χ2v) is 6.46. The van der Waals surface area contributed by atoms with Gasteiger partial charge < -0.3 is 5.73 Å². The van der Waals surface area contributed by atoms with Gasteiger partial charge in [0, 0.05) is 27.7 Å². The minimum absolute atomic E-state index is 0.149. The molecule has 2 aromatic rings. The Labute approximate surface area is 142 Å². The molecule has 7 heteroatoms. The predicted octanol–water partition coefficient (Wildman–Crippen LogP) is 3.92. The van der Waals surface area contributed by atoms with Crippen LogP contribution in [0.1, 0.15) is 12.0 Å². The summed E-state index contributed by atoms with van der Waals surface area (Å²) in [6.45, 7) is 0. The van der Waals surface area contributed by atoms with Crippen LogP contribution in [0.5, 0.6) is 0 Å². The van der Waals surface area contributed by atoms with Gasteiger partial charge in [0.15, 0.2) is 0 Å². The van der Waals surface area contributed by atoms with Crippen LogP contribution in [-0.2, 0) is 0 Å². The molecule has 0 unspecified atom stereocenters. The topological polar surface area (TPSA) is 62.8 Å². The maximum Gasteiger partial charge on any atom is 0.214 e. The molecule has 0 radical (unpaired) electrons. The summed E-state index contributed by atoms with van der Waals surface area (Å²) in [5, 5.41) is 4.86. The van der Waals surface area contributed by atoms with Gasteiger partial charge in [-0.15, -0.1) is 11.8 Å². The number of nitrogens with zero attached hydrogens (tertiary/aromatic N) is 2. The van der Waals surface area contributed by atoms with Crippen LogP contribution in [0.4, 0.5) is 10.1 Å². The lowest BCUT2D eigenvalue weighted by molar-refractivity contribution is 0.626. The van der Waals surface area contributed by atoms with Crippen molar-refractivity contribution in [1.29, 1.82) is 0 Å². The molecule has 0 aliphatic carbocycles. The smallest absolute Gasteiger partial charge is 0.214 e. The lowest BCUT2D eigenvalue weighted by atomic mass is 10.1. The van der Waals surface area contributed by atoms with Crippen molar-refractivity contribution in [1.82, 2.24) is 5.43 Å². The number of aliphatic imine (C=N–C) groups is 1. The highest BCUT2D eigenvalue weighted by Gasteiger charge is 2.16. The minimum atomic E-state index is -0.278. The molecular formula is C16H14ClFN4S. The predicted molar refractivity (Wildman–Crippen MR) is 94.1 cm³/mol. The molecule has 0 amide bonds. The Morgan fingerprint density at radius 2 is 2.13 bits per heavy atom. The molecule has 118 valence electrons. The summed E-state index contributed by atoms with van der Waals surface area (Å²) in [6, 6.07) is 11.8. The van der Waals surface area contributed by atoms with E-state index in [1.165, 1.54) is 12.1 Å². The van der Waals surface area contributed by atoms with Crippen molar-refractivity contribution < 1.29 is 4.39 Å². The van der Waals surface area contributed by atoms with Crippen LogP contribution in [0.2, 0.25) is 5.02 Å². The average molecular weight is 349 g/mol. The third-order valence-electron chi connectivity index (χ3n) is 3.21. The van der Waals surface area contributed by atoms with Crippen LogP contribution in [-0.4, -0.2) is 17.4 Å². The van der Waals surface area contributed by atoms with E-state index in [9.17, 15) is 4.39 Å². The molecule has 3 N–H and O–H groups in total. The first kappa shape index (κ1) is 15.8. The third-order valence-corrected chi connectivity index (χ3v) is 4.52. The number of hydrogen-bond acceptors (Lipinski definition) is 3. The molecule has 0 spiro atoms. The van der Waals surface area contributed by atoms with Crippen molar-refractivity contribution in [3.8, 4) is 0 Å². The summed E-state index contributed by atoms with van der Waals surface area (Å²) < 4.78 is 13.4. The number of hydrazone groups is 1. The van der Waals surface area contributed by atoms with Crippen LogP contribution in [0.25, 0.3) is 0 Å². The summed E-state index contributed by atoms with van der Waals surface area (Å²) in [7, 11) is 0. The van der Waals surface area contributed by atoms with Gasteiger partial charge in [0.05, 0.1) is 11.4 Å². The Bertz CT molecular complexity index is 791. The Morgan fingerprint density at radius 1 is 1.26 bits per heavy atom. The standard InChI is InChI=1S/C16H14ClFN4S/c17-10-2-1-3-12(8-10)20-16(19)22-21-14-6-7-23-15-5-4-11(18)9-13(14)15/h1-5,8-9H,6-7H2,(H3,19,20,22)/b21-14+. The summed E-state index contributed by atoms with van der Waals surface area (Å²) in [5.74, 6) is 0.764. The summed E-state index contributed by atoms with van der Waals surface area (Å²) in [5.41, 5.74) is 10.7. The van der Waals surface area contributed by atoms with E-state index < -0.39 is 0 Å². The molecule has 0 saturated carbocycles. The number of thioether (sulfide) groups is 1. The number of benzene rings is 2. The normalized spacial score (nSPS) is 16.3. The van der Waals surface area contributed by atoms with E-state index in [2.05, 4.69) is 15.5 Å². The van der Waals surface area contributed by atoms with Gasteiger partial charge in [0.2, 0.25) is 5.96 Å². The van der Waals surface area contributed by atoms with Crippen LogP contribution in [0.3, 0.4) is 0 Å². The van der Waals surface area contributed by atoms with Crippen LogP contribution in [0.15, 0.2) is 57.5 Å². The Kier molecular flexibility index (Phi) is 4.83. The molecule has 0 aromatic heterocycles. The fourth-order valence-electron chi connectivity index (χ4n) is 2.20. The van der Waals surface area contributed by atoms with E-state index in [1.807, 2.05) is 0 Å². The lowest BCUT2D eigenvalue weighted by Gasteiger charge is -2.17. The van der Waals surface area contributed by atoms with Gasteiger partial charge in [-0.1, -0.05) is 17.7 Å². The van der Waals surface area contributed by atoms with E-state index in [1.54, 1.807) is 42.1 Å². The molecule has 23 heavy (non-hydrogen) atoms. The maximum atomic E-state index is 13.4. The summed E-state index contributed by atoms with van der Waals surface area (Å²) in [6.07, 6.45) is 0.735. The molecule has 1 heterocycles. The van der Waals surface area contributed by atoms with Gasteiger partial charge in [0.25, 0.3) is 0 Å². The molecule has 1 aliphatic rings. The quantitative estimate of drug-likeness (QED) is 0.491. The second kappa shape index (κ2) is 7.02. The van der Waals surface area contributed by atoms with E-state index in [0.29, 0.717) is 10.7 Å². The number of nitrogens with two attached hydrogens (primary N) is 1. The van der Waals surface area contributed by atoms with E-state index in [4.69, 9.17) is 17.3 Å².